The number of hydrogen-bond acceptors (Lipinski definition) is 3. The van der Waals surface area contributed by atoms with Crippen molar-refractivity contribution in [1.29, 1.82) is 0 Å². The predicted molar refractivity (Wildman–Crippen MR) is 68.6 cm³/mol. The van der Waals surface area contributed by atoms with Crippen LogP contribution in [0.25, 0.3) is 0 Å². The molecule has 1 aromatic rings. The molecule has 0 atom stereocenters. The molecule has 0 unspecified atom stereocenters. The number of nitrogens with two attached hydrogens (primary N) is 1. The molecule has 5 heteroatoms. The minimum Gasteiger partial charge on any atom is -0.399 e. The minimum absolute atomic E-state index is 0.202. The van der Waals surface area contributed by atoms with Crippen molar-refractivity contribution in [2.45, 2.75) is 18.9 Å². The van der Waals surface area contributed by atoms with E-state index in [2.05, 4.69) is 5.32 Å². The summed E-state index contributed by atoms with van der Waals surface area (Å²) in [4.78, 5) is 11.9. The Morgan fingerprint density at radius 1 is 1.35 bits per heavy atom. The van der Waals surface area contributed by atoms with Gasteiger partial charge in [0.05, 0.1) is 0 Å². The van der Waals surface area contributed by atoms with Crippen LogP contribution in [0.2, 0.25) is 0 Å². The molecule has 0 aliphatic carbocycles. The number of nitrogen functional groups attached to an aromatic ring is 1. The highest BCUT2D eigenvalue weighted by Crippen LogP contribution is 2.18. The maximum absolute atomic E-state index is 13.1. The molecule has 3 nitrogen and oxygen atoms in total. The van der Waals surface area contributed by atoms with E-state index in [0.717, 1.165) is 24.3 Å². The van der Waals surface area contributed by atoms with Gasteiger partial charge in [0.1, 0.15) is 5.82 Å². The van der Waals surface area contributed by atoms with Crippen LogP contribution in [0.15, 0.2) is 18.2 Å². The molecule has 17 heavy (non-hydrogen) atoms. The van der Waals surface area contributed by atoms with Crippen molar-refractivity contribution in [1.82, 2.24) is 5.32 Å². The fraction of sp³-hybridized carbons (Fsp3) is 0.417. The van der Waals surface area contributed by atoms with Crippen molar-refractivity contribution in [2.24, 2.45) is 0 Å². The largest absolute Gasteiger partial charge is 0.399 e. The second kappa shape index (κ2) is 5.40. The second-order valence-electron chi connectivity index (χ2n) is 4.13. The normalized spacial score (nSPS) is 16.8. The fourth-order valence-corrected chi connectivity index (χ4v) is 2.96. The van der Waals surface area contributed by atoms with E-state index in [9.17, 15) is 9.18 Å². The fourth-order valence-electron chi connectivity index (χ4n) is 1.85. The van der Waals surface area contributed by atoms with Gasteiger partial charge in [0.25, 0.3) is 5.91 Å². The van der Waals surface area contributed by atoms with Crippen LogP contribution in [0.5, 0.6) is 0 Å². The number of carbonyl (C=O) groups excluding carboxylic acids is 1. The lowest BCUT2D eigenvalue weighted by molar-refractivity contribution is 0.0934. The maximum atomic E-state index is 13.1. The quantitative estimate of drug-likeness (QED) is 0.794. The Balaban J connectivity index is 2.03. The summed E-state index contributed by atoms with van der Waals surface area (Å²) in [7, 11) is 0. The van der Waals surface area contributed by atoms with Gasteiger partial charge in [0.15, 0.2) is 0 Å². The predicted octanol–water partition coefficient (Wildman–Crippen LogP) is 2.03. The first-order valence-electron chi connectivity index (χ1n) is 5.60. The first-order chi connectivity index (χ1) is 8.15. The lowest BCUT2D eigenvalue weighted by Crippen LogP contribution is -2.37. The third kappa shape index (κ3) is 3.36. The van der Waals surface area contributed by atoms with Gasteiger partial charge < -0.3 is 11.1 Å². The lowest BCUT2D eigenvalue weighted by Gasteiger charge is -2.22. The molecule has 0 radical (unpaired) electrons. The summed E-state index contributed by atoms with van der Waals surface area (Å²) in [5.74, 6) is 1.41. The molecule has 1 aromatic carbocycles. The number of carbonyl (C=O) groups is 1. The van der Waals surface area contributed by atoms with E-state index in [-0.39, 0.29) is 17.6 Å². The molecule has 1 amide bonds. The van der Waals surface area contributed by atoms with Gasteiger partial charge in [-0.3, -0.25) is 4.79 Å². The number of nitrogens with one attached hydrogen (secondary N) is 1. The highest BCUT2D eigenvalue weighted by atomic mass is 32.2. The van der Waals surface area contributed by atoms with Gasteiger partial charge in [-0.15, -0.1) is 0 Å². The van der Waals surface area contributed by atoms with Crippen LogP contribution < -0.4 is 11.1 Å². The number of halogens is 1. The summed E-state index contributed by atoms with van der Waals surface area (Å²) in [6, 6.07) is 4.11. The highest BCUT2D eigenvalue weighted by molar-refractivity contribution is 7.99. The van der Waals surface area contributed by atoms with Crippen molar-refractivity contribution in [3.8, 4) is 0 Å². The first-order valence-corrected chi connectivity index (χ1v) is 6.75. The van der Waals surface area contributed by atoms with Crippen LogP contribution in [-0.4, -0.2) is 23.5 Å². The van der Waals surface area contributed by atoms with Gasteiger partial charge in [-0.05, 0) is 42.5 Å². The Morgan fingerprint density at radius 2 is 2.06 bits per heavy atom. The zero-order valence-electron chi connectivity index (χ0n) is 9.41. The van der Waals surface area contributed by atoms with E-state index >= 15 is 0 Å². The van der Waals surface area contributed by atoms with Crippen molar-refractivity contribution in [3.63, 3.8) is 0 Å². The Hall–Kier alpha value is -1.23. The monoisotopic (exact) mass is 254 g/mol. The average Bonchev–Trinajstić information content (AvgIpc) is 2.29. The zero-order chi connectivity index (χ0) is 12.3. The van der Waals surface area contributed by atoms with Gasteiger partial charge in [-0.2, -0.15) is 11.8 Å². The summed E-state index contributed by atoms with van der Waals surface area (Å²) in [6.45, 7) is 0. The van der Waals surface area contributed by atoms with Crippen molar-refractivity contribution in [2.75, 3.05) is 17.2 Å². The number of rotatable bonds is 2. The number of hydrogen-bond donors (Lipinski definition) is 2. The highest BCUT2D eigenvalue weighted by Gasteiger charge is 2.17. The van der Waals surface area contributed by atoms with E-state index in [4.69, 9.17) is 5.73 Å². The number of thioether (sulfide) groups is 1. The molecule has 0 aromatic heterocycles. The maximum Gasteiger partial charge on any atom is 0.251 e. The SMILES string of the molecule is Nc1cc(F)cc(C(=O)NC2CCSCC2)c1. The van der Waals surface area contributed by atoms with E-state index in [1.165, 1.54) is 18.2 Å². The molecule has 1 saturated heterocycles. The van der Waals surface area contributed by atoms with Crippen LogP contribution in [0.3, 0.4) is 0 Å². The lowest BCUT2D eigenvalue weighted by atomic mass is 10.1. The summed E-state index contributed by atoms with van der Waals surface area (Å²) < 4.78 is 13.1. The van der Waals surface area contributed by atoms with Crippen LogP contribution in [0, 0.1) is 5.82 Å². The molecule has 0 saturated carbocycles. The average molecular weight is 254 g/mol. The number of amides is 1. The Kier molecular flexibility index (Phi) is 3.89. The van der Waals surface area contributed by atoms with Gasteiger partial charge in [-0.1, -0.05) is 0 Å². The summed E-state index contributed by atoms with van der Waals surface area (Å²) in [6.07, 6.45) is 1.95. The molecule has 0 bridgehead atoms. The van der Waals surface area contributed by atoms with Gasteiger partial charge in [-0.25, -0.2) is 4.39 Å². The first kappa shape index (κ1) is 12.2. The van der Waals surface area contributed by atoms with Crippen molar-refractivity contribution < 1.29 is 9.18 Å². The third-order valence-corrected chi connectivity index (χ3v) is 3.79. The molecule has 1 fully saturated rings. The molecular weight excluding hydrogens is 239 g/mol. The van der Waals surface area contributed by atoms with E-state index < -0.39 is 5.82 Å². The van der Waals surface area contributed by atoms with Gasteiger partial charge in [0.2, 0.25) is 0 Å². The Morgan fingerprint density at radius 3 is 2.71 bits per heavy atom. The standard InChI is InChI=1S/C12H15FN2OS/c13-9-5-8(6-10(14)7-9)12(16)15-11-1-3-17-4-2-11/h5-7,11H,1-4,14H2,(H,15,16). The van der Waals surface area contributed by atoms with E-state index in [0.29, 0.717) is 5.56 Å². The number of anilines is 1. The van der Waals surface area contributed by atoms with Crippen LogP contribution in [-0.2, 0) is 0 Å². The number of benzene rings is 1. The molecule has 92 valence electrons. The van der Waals surface area contributed by atoms with Crippen LogP contribution in [0.4, 0.5) is 10.1 Å². The van der Waals surface area contributed by atoms with Gasteiger partial charge >= 0.3 is 0 Å². The Labute approximate surface area is 104 Å². The summed E-state index contributed by atoms with van der Waals surface area (Å²) in [5, 5.41) is 2.92. The van der Waals surface area contributed by atoms with E-state index in [1.807, 2.05) is 11.8 Å². The van der Waals surface area contributed by atoms with E-state index in [1.54, 1.807) is 0 Å². The second-order valence-corrected chi connectivity index (χ2v) is 5.36. The molecule has 0 spiro atoms. The topological polar surface area (TPSA) is 55.1 Å². The molecule has 1 aliphatic heterocycles. The van der Waals surface area contributed by atoms with Crippen LogP contribution >= 0.6 is 11.8 Å². The molecule has 1 aliphatic rings. The molecule has 2 rings (SSSR count). The minimum atomic E-state index is -0.477. The molecular formula is C12H15FN2OS. The molecule has 3 N–H and O–H groups in total. The van der Waals surface area contributed by atoms with Crippen molar-refractivity contribution >= 4 is 23.4 Å². The zero-order valence-corrected chi connectivity index (χ0v) is 10.2. The van der Waals surface area contributed by atoms with Crippen LogP contribution in [0.1, 0.15) is 23.2 Å². The summed E-state index contributed by atoms with van der Waals surface area (Å²) >= 11 is 1.90. The summed E-state index contributed by atoms with van der Waals surface area (Å²) in [5.41, 5.74) is 6.07. The van der Waals surface area contributed by atoms with Gasteiger partial charge in [0, 0.05) is 17.3 Å². The molecule has 1 heterocycles. The third-order valence-electron chi connectivity index (χ3n) is 2.74. The smallest absolute Gasteiger partial charge is 0.251 e. The van der Waals surface area contributed by atoms with Crippen molar-refractivity contribution in [3.05, 3.63) is 29.6 Å². The Bertz CT molecular complexity index is 399.